The molecule has 0 aliphatic heterocycles. The monoisotopic (exact) mass is 214 g/mol. The molecule has 0 fully saturated rings. The Kier molecular flexibility index (Phi) is 7.17. The Bertz CT molecular complexity index is 158. The zero-order valence-corrected chi connectivity index (χ0v) is 8.52. The van der Waals surface area contributed by atoms with Crippen LogP contribution in [0.15, 0.2) is 0 Å². The van der Waals surface area contributed by atoms with Crippen molar-refractivity contribution in [3.05, 3.63) is 0 Å². The van der Waals surface area contributed by atoms with E-state index in [9.17, 15) is 4.89 Å². The lowest BCUT2D eigenvalue weighted by Crippen LogP contribution is -2.09. The van der Waals surface area contributed by atoms with Gasteiger partial charge in [-0.3, -0.25) is 0 Å². The second-order valence-corrected chi connectivity index (χ2v) is 4.90. The largest absolute Gasteiger partial charge is 0.330 e. The zero-order valence-electron chi connectivity index (χ0n) is 6.81. The van der Waals surface area contributed by atoms with Gasteiger partial charge in [-0.1, -0.05) is 0 Å². The van der Waals surface area contributed by atoms with Crippen LogP contribution >= 0.6 is 6.72 Å². The lowest BCUT2D eigenvalue weighted by molar-refractivity contribution is 0.200. The van der Waals surface area contributed by atoms with E-state index in [0.29, 0.717) is 26.1 Å². The van der Waals surface area contributed by atoms with Gasteiger partial charge in [0.1, 0.15) is 0 Å². The first-order valence-electron chi connectivity index (χ1n) is 3.64. The van der Waals surface area contributed by atoms with Crippen LogP contribution in [-0.4, -0.2) is 31.2 Å². The Labute approximate surface area is 77.3 Å². The third-order valence-electron chi connectivity index (χ3n) is 0.975. The lowest BCUT2D eigenvalue weighted by atomic mass is 10.5. The molecule has 5 nitrogen and oxygen atoms in total. The van der Waals surface area contributed by atoms with E-state index in [4.69, 9.17) is 20.5 Å². The van der Waals surface area contributed by atoms with E-state index in [1.807, 2.05) is 0 Å². The van der Waals surface area contributed by atoms with Gasteiger partial charge in [-0.05, 0) is 24.8 Å². The summed E-state index contributed by atoms with van der Waals surface area (Å²) in [6.45, 7) is -1.67. The molecule has 0 amide bonds. The standard InChI is InChI=1S/C5H15N2O3PS/c6-2-1-4-9-11(8,12)10-5-3-7/h1-7H2,(H,8,12). The fraction of sp³-hybridized carbons (Fsp3) is 1.00. The zero-order chi connectivity index (χ0) is 9.45. The molecule has 0 aromatic carbocycles. The lowest BCUT2D eigenvalue weighted by Gasteiger charge is -2.14. The van der Waals surface area contributed by atoms with Gasteiger partial charge in [-0.2, -0.15) is 0 Å². The van der Waals surface area contributed by atoms with Crippen molar-refractivity contribution in [2.45, 2.75) is 6.42 Å². The van der Waals surface area contributed by atoms with E-state index < -0.39 is 6.72 Å². The van der Waals surface area contributed by atoms with Crippen LogP contribution < -0.4 is 11.5 Å². The van der Waals surface area contributed by atoms with Gasteiger partial charge >= 0.3 is 6.72 Å². The summed E-state index contributed by atoms with van der Waals surface area (Å²) in [5, 5.41) is 0. The van der Waals surface area contributed by atoms with Crippen LogP contribution in [0.1, 0.15) is 6.42 Å². The number of hydrogen-bond donors (Lipinski definition) is 3. The Morgan fingerprint density at radius 2 is 1.75 bits per heavy atom. The van der Waals surface area contributed by atoms with E-state index in [0.717, 1.165) is 0 Å². The highest BCUT2D eigenvalue weighted by molar-refractivity contribution is 8.07. The number of rotatable bonds is 7. The van der Waals surface area contributed by atoms with Crippen molar-refractivity contribution in [3.8, 4) is 0 Å². The molecule has 0 spiro atoms. The molecule has 12 heavy (non-hydrogen) atoms. The second kappa shape index (κ2) is 6.91. The SMILES string of the molecule is NCCCOP(O)(=S)OCCN. The molecule has 1 unspecified atom stereocenters. The van der Waals surface area contributed by atoms with Crippen molar-refractivity contribution in [3.63, 3.8) is 0 Å². The summed E-state index contributed by atoms with van der Waals surface area (Å²) < 4.78 is 9.71. The molecule has 0 aromatic rings. The fourth-order valence-corrected chi connectivity index (χ4v) is 1.69. The van der Waals surface area contributed by atoms with E-state index in [2.05, 4.69) is 11.8 Å². The van der Waals surface area contributed by atoms with E-state index >= 15 is 0 Å². The minimum Gasteiger partial charge on any atom is -0.330 e. The first-order valence-corrected chi connectivity index (χ1v) is 6.23. The van der Waals surface area contributed by atoms with Crippen LogP contribution in [-0.2, 0) is 20.9 Å². The molecule has 7 heteroatoms. The van der Waals surface area contributed by atoms with Gasteiger partial charge in [0.2, 0.25) is 0 Å². The first-order chi connectivity index (χ1) is 5.62. The molecular weight excluding hydrogens is 199 g/mol. The van der Waals surface area contributed by atoms with Crippen LogP contribution in [0.25, 0.3) is 0 Å². The maximum atomic E-state index is 9.26. The molecule has 0 aromatic heterocycles. The van der Waals surface area contributed by atoms with Crippen molar-refractivity contribution >= 4 is 18.5 Å². The number of nitrogens with two attached hydrogens (primary N) is 2. The average Bonchev–Trinajstić information content (AvgIpc) is 2.01. The van der Waals surface area contributed by atoms with Crippen LogP contribution in [0.5, 0.6) is 0 Å². The first kappa shape index (κ1) is 12.4. The van der Waals surface area contributed by atoms with Gasteiger partial charge < -0.3 is 25.4 Å². The number of hydrogen-bond acceptors (Lipinski definition) is 5. The second-order valence-electron chi connectivity index (χ2n) is 2.07. The minimum absolute atomic E-state index is 0.219. The molecule has 1 atom stereocenters. The Balaban J connectivity index is 3.49. The fourth-order valence-electron chi connectivity index (χ4n) is 0.469. The highest BCUT2D eigenvalue weighted by Crippen LogP contribution is 2.43. The maximum Gasteiger partial charge on any atom is 0.324 e. The topological polar surface area (TPSA) is 90.7 Å². The smallest absolute Gasteiger partial charge is 0.324 e. The molecule has 74 valence electrons. The summed E-state index contributed by atoms with van der Waals surface area (Å²) in [6.07, 6.45) is 0.658. The van der Waals surface area contributed by atoms with Gasteiger partial charge in [0.25, 0.3) is 0 Å². The van der Waals surface area contributed by atoms with E-state index in [1.165, 1.54) is 0 Å². The van der Waals surface area contributed by atoms with Gasteiger partial charge in [-0.25, -0.2) is 0 Å². The van der Waals surface area contributed by atoms with Crippen molar-refractivity contribution in [2.24, 2.45) is 11.5 Å². The van der Waals surface area contributed by atoms with Crippen molar-refractivity contribution in [1.82, 2.24) is 0 Å². The third kappa shape index (κ3) is 7.12. The molecule has 5 N–H and O–H groups in total. The van der Waals surface area contributed by atoms with Crippen LogP contribution in [0.3, 0.4) is 0 Å². The third-order valence-corrected chi connectivity index (χ3v) is 2.63. The van der Waals surface area contributed by atoms with Gasteiger partial charge in [0, 0.05) is 6.54 Å². The molecular formula is C5H15N2O3PS. The van der Waals surface area contributed by atoms with Crippen LogP contribution in [0.4, 0.5) is 0 Å². The summed E-state index contributed by atoms with van der Waals surface area (Å²) in [6, 6.07) is 0. The summed E-state index contributed by atoms with van der Waals surface area (Å²) in [5.41, 5.74) is 10.4. The minimum atomic E-state index is -3.04. The highest BCUT2D eigenvalue weighted by Gasteiger charge is 2.13. The van der Waals surface area contributed by atoms with E-state index in [1.54, 1.807) is 0 Å². The normalized spacial score (nSPS) is 15.9. The molecule has 0 aliphatic carbocycles. The van der Waals surface area contributed by atoms with Crippen molar-refractivity contribution in [2.75, 3.05) is 26.3 Å². The molecule has 0 radical (unpaired) electrons. The summed E-state index contributed by atoms with van der Waals surface area (Å²) in [4.78, 5) is 9.26. The quantitative estimate of drug-likeness (QED) is 0.392. The average molecular weight is 214 g/mol. The van der Waals surface area contributed by atoms with Gasteiger partial charge in [-0.15, -0.1) is 0 Å². The molecule has 0 aliphatic rings. The summed E-state index contributed by atoms with van der Waals surface area (Å²) in [7, 11) is 0. The Hall–Kier alpha value is 0.450. The molecule has 0 saturated heterocycles. The molecule has 0 saturated carbocycles. The molecule has 0 rings (SSSR count). The Morgan fingerprint density at radius 1 is 1.17 bits per heavy atom. The van der Waals surface area contributed by atoms with Gasteiger partial charge in [0.15, 0.2) is 0 Å². The van der Waals surface area contributed by atoms with E-state index in [-0.39, 0.29) is 6.61 Å². The molecule has 0 bridgehead atoms. The van der Waals surface area contributed by atoms with Crippen LogP contribution in [0, 0.1) is 0 Å². The summed E-state index contributed by atoms with van der Waals surface area (Å²) >= 11 is 4.65. The summed E-state index contributed by atoms with van der Waals surface area (Å²) in [5.74, 6) is 0. The van der Waals surface area contributed by atoms with Crippen molar-refractivity contribution in [1.29, 1.82) is 0 Å². The maximum absolute atomic E-state index is 9.26. The van der Waals surface area contributed by atoms with Gasteiger partial charge in [0.05, 0.1) is 13.2 Å². The van der Waals surface area contributed by atoms with Crippen molar-refractivity contribution < 1.29 is 13.9 Å². The molecule has 0 heterocycles. The predicted molar refractivity (Wildman–Crippen MR) is 51.1 cm³/mol. The van der Waals surface area contributed by atoms with Crippen LogP contribution in [0.2, 0.25) is 0 Å². The predicted octanol–water partition coefficient (Wildman–Crippen LogP) is -0.456. The Morgan fingerprint density at radius 3 is 2.25 bits per heavy atom. The highest BCUT2D eigenvalue weighted by atomic mass is 32.5.